The van der Waals surface area contributed by atoms with E-state index >= 15 is 0 Å². The second kappa shape index (κ2) is 14.6. The Hall–Kier alpha value is -5.59. The molecule has 1 unspecified atom stereocenters. The summed E-state index contributed by atoms with van der Waals surface area (Å²) in [6, 6.07) is 25.4. The highest BCUT2D eigenvalue weighted by molar-refractivity contribution is 7.22. The Morgan fingerprint density at radius 1 is 0.818 bits per heavy atom. The van der Waals surface area contributed by atoms with Crippen molar-refractivity contribution in [2.24, 2.45) is 11.8 Å². The standard InChI is InChI=1S/C43H41N3O8S/c47-30-3-1-25(2-4-30)41-40(36-11-5-31(48)22-38(36)55-41)54-33-8-6-32(7-9-33)53-18-16-45-23-27-20-29(45)19-26(27)15-17-52-34-10-12-35-28(21-34)24-46(43(35)51)37-13-14-39(49)44-42(37)50/h1-12,21-22,26-27,29,37,47-48H,13-20,23-24H2,(H,44,49,50)/t26?,27-,29+,37-/m0/s1. The number of phenolic OH excluding ortho intramolecular Hbond substituents is 2. The van der Waals surface area contributed by atoms with Gasteiger partial charge in [0, 0.05) is 47.7 Å². The maximum Gasteiger partial charge on any atom is 0.255 e. The van der Waals surface area contributed by atoms with Crippen LogP contribution >= 0.6 is 11.3 Å². The number of carbonyl (C=O) groups excluding carboxylic acids is 3. The van der Waals surface area contributed by atoms with Gasteiger partial charge in [0.15, 0.2) is 5.75 Å². The summed E-state index contributed by atoms with van der Waals surface area (Å²) in [6.07, 6.45) is 3.93. The van der Waals surface area contributed by atoms with Gasteiger partial charge in [0.1, 0.15) is 41.4 Å². The number of hydrogen-bond acceptors (Lipinski definition) is 10. The van der Waals surface area contributed by atoms with Gasteiger partial charge >= 0.3 is 0 Å². The third-order valence-electron chi connectivity index (χ3n) is 11.5. The van der Waals surface area contributed by atoms with Crippen molar-refractivity contribution in [2.45, 2.75) is 50.7 Å². The second-order valence-corrected chi connectivity index (χ2v) is 16.0. The average Bonchev–Trinajstić information content (AvgIpc) is 3.94. The van der Waals surface area contributed by atoms with Crippen LogP contribution in [0.3, 0.4) is 0 Å². The van der Waals surface area contributed by atoms with Gasteiger partial charge in [-0.1, -0.05) is 0 Å². The van der Waals surface area contributed by atoms with Gasteiger partial charge in [0.25, 0.3) is 5.91 Å². The van der Waals surface area contributed by atoms with Gasteiger partial charge < -0.3 is 29.3 Å². The number of fused-ring (bicyclic) bond motifs is 4. The lowest BCUT2D eigenvalue weighted by Crippen LogP contribution is -2.52. The normalized spacial score (nSPS) is 22.0. The zero-order chi connectivity index (χ0) is 37.6. The van der Waals surface area contributed by atoms with Crippen molar-refractivity contribution in [3.05, 3.63) is 96.1 Å². The molecule has 3 N–H and O–H groups in total. The number of amides is 3. The molecule has 3 aliphatic heterocycles. The summed E-state index contributed by atoms with van der Waals surface area (Å²) in [5.41, 5.74) is 2.36. The molecule has 1 aliphatic carbocycles. The lowest BCUT2D eigenvalue weighted by Gasteiger charge is -2.31. The molecule has 3 amide bonds. The molecule has 4 aromatic carbocycles. The third-order valence-corrected chi connectivity index (χ3v) is 12.7. The summed E-state index contributed by atoms with van der Waals surface area (Å²) in [4.78, 5) is 42.0. The Bertz CT molecular complexity index is 2270. The van der Waals surface area contributed by atoms with Crippen LogP contribution in [0.2, 0.25) is 0 Å². The molecule has 4 aliphatic rings. The van der Waals surface area contributed by atoms with Crippen molar-refractivity contribution in [2.75, 3.05) is 26.3 Å². The van der Waals surface area contributed by atoms with Crippen LogP contribution in [0.4, 0.5) is 0 Å². The van der Waals surface area contributed by atoms with Gasteiger partial charge in [-0.25, -0.2) is 0 Å². The highest BCUT2D eigenvalue weighted by atomic mass is 32.1. The number of aromatic hydroxyl groups is 2. The van der Waals surface area contributed by atoms with Crippen molar-refractivity contribution in [1.29, 1.82) is 0 Å². The molecule has 9 rings (SSSR count). The van der Waals surface area contributed by atoms with Crippen molar-refractivity contribution in [3.63, 3.8) is 0 Å². The SMILES string of the molecule is O=C1CC[C@H](N2Cc3cc(OCCC4C[C@@H]5C[C@H]4CN5CCOc4ccc(Oc5c(-c6ccc(O)cc6)sc6cc(O)ccc56)cc4)ccc3C2=O)C(=O)N1. The molecule has 282 valence electrons. The summed E-state index contributed by atoms with van der Waals surface area (Å²) in [6.45, 7) is 3.50. The summed E-state index contributed by atoms with van der Waals surface area (Å²) < 4.78 is 19.7. The minimum absolute atomic E-state index is 0.176. The van der Waals surface area contributed by atoms with E-state index in [2.05, 4.69) is 10.2 Å². The Kier molecular flexibility index (Phi) is 9.31. The molecule has 4 atom stereocenters. The highest BCUT2D eigenvalue weighted by Gasteiger charge is 2.44. The van der Waals surface area contributed by atoms with Gasteiger partial charge in [-0.3, -0.25) is 24.6 Å². The largest absolute Gasteiger partial charge is 0.508 e. The quantitative estimate of drug-likeness (QED) is 0.114. The van der Waals surface area contributed by atoms with Crippen LogP contribution in [0.1, 0.15) is 48.0 Å². The number of imide groups is 1. The zero-order valence-electron chi connectivity index (χ0n) is 30.1. The van der Waals surface area contributed by atoms with Crippen molar-refractivity contribution >= 4 is 39.1 Å². The van der Waals surface area contributed by atoms with Gasteiger partial charge in [0.2, 0.25) is 11.8 Å². The number of carbonyl (C=O) groups is 3. The number of piperidine rings is 2. The fraction of sp³-hybridized carbons (Fsp3) is 0.326. The number of nitrogens with one attached hydrogen (secondary N) is 1. The summed E-state index contributed by atoms with van der Waals surface area (Å²) in [5.74, 6) is 3.68. The van der Waals surface area contributed by atoms with Crippen molar-refractivity contribution in [1.82, 2.24) is 15.1 Å². The van der Waals surface area contributed by atoms with E-state index in [9.17, 15) is 24.6 Å². The third kappa shape index (κ3) is 7.07. The number of phenols is 2. The summed E-state index contributed by atoms with van der Waals surface area (Å²) in [7, 11) is 0. The molecule has 1 saturated carbocycles. The smallest absolute Gasteiger partial charge is 0.255 e. The van der Waals surface area contributed by atoms with Gasteiger partial charge in [-0.15, -0.1) is 11.3 Å². The molecule has 3 fully saturated rings. The Labute approximate surface area is 322 Å². The predicted molar refractivity (Wildman–Crippen MR) is 207 cm³/mol. The minimum atomic E-state index is -0.622. The summed E-state index contributed by atoms with van der Waals surface area (Å²) in [5, 5.41) is 23.1. The Morgan fingerprint density at radius 3 is 2.36 bits per heavy atom. The van der Waals surface area contributed by atoms with E-state index in [1.54, 1.807) is 35.2 Å². The van der Waals surface area contributed by atoms with E-state index in [1.165, 1.54) is 17.8 Å². The van der Waals surface area contributed by atoms with Crippen LogP contribution in [0.25, 0.3) is 20.5 Å². The maximum absolute atomic E-state index is 13.0. The molecule has 1 aromatic heterocycles. The van der Waals surface area contributed by atoms with Gasteiger partial charge in [0.05, 0.1) is 11.5 Å². The van der Waals surface area contributed by atoms with Crippen LogP contribution in [-0.2, 0) is 16.1 Å². The lowest BCUT2D eigenvalue weighted by molar-refractivity contribution is -0.136. The van der Waals surface area contributed by atoms with E-state index in [1.807, 2.05) is 54.6 Å². The van der Waals surface area contributed by atoms with Crippen LogP contribution in [0.5, 0.6) is 34.5 Å². The van der Waals surface area contributed by atoms with Crippen LogP contribution in [0.15, 0.2) is 84.9 Å². The lowest BCUT2D eigenvalue weighted by atomic mass is 9.92. The van der Waals surface area contributed by atoms with Crippen molar-refractivity contribution < 1.29 is 38.8 Å². The molecule has 0 spiro atoms. The fourth-order valence-corrected chi connectivity index (χ4v) is 9.89. The second-order valence-electron chi connectivity index (χ2n) is 14.9. The highest BCUT2D eigenvalue weighted by Crippen LogP contribution is 2.48. The first-order chi connectivity index (χ1) is 26.8. The van der Waals surface area contributed by atoms with Gasteiger partial charge in [-0.2, -0.15) is 0 Å². The topological polar surface area (TPSA) is 138 Å². The number of hydrogen-bond donors (Lipinski definition) is 3. The van der Waals surface area contributed by atoms with E-state index in [4.69, 9.17) is 14.2 Å². The van der Waals surface area contributed by atoms with Crippen LogP contribution in [-0.4, -0.2) is 76.1 Å². The van der Waals surface area contributed by atoms with Crippen LogP contribution < -0.4 is 19.5 Å². The average molecular weight is 760 g/mol. The first-order valence-electron chi connectivity index (χ1n) is 18.9. The van der Waals surface area contributed by atoms with Crippen LogP contribution in [0, 0.1) is 11.8 Å². The van der Waals surface area contributed by atoms with E-state index in [0.29, 0.717) is 61.1 Å². The van der Waals surface area contributed by atoms with Gasteiger partial charge in [-0.05, 0) is 134 Å². The van der Waals surface area contributed by atoms with Crippen molar-refractivity contribution in [3.8, 4) is 44.9 Å². The monoisotopic (exact) mass is 759 g/mol. The molecule has 55 heavy (non-hydrogen) atoms. The number of likely N-dealkylation sites (tertiary alicyclic amines) is 1. The number of nitrogens with zero attached hydrogens (tertiary/aromatic N) is 2. The Balaban J connectivity index is 0.733. The molecule has 2 saturated heterocycles. The molecule has 4 heterocycles. The molecule has 2 bridgehead atoms. The number of rotatable bonds is 12. The molecule has 0 radical (unpaired) electrons. The molecular weight excluding hydrogens is 719 g/mol. The van der Waals surface area contributed by atoms with E-state index in [-0.39, 0.29) is 29.7 Å². The number of thiophene rings is 1. The zero-order valence-corrected chi connectivity index (χ0v) is 30.9. The number of ether oxygens (including phenoxy) is 3. The van der Waals surface area contributed by atoms with E-state index < -0.39 is 11.9 Å². The molecular formula is C43H41N3O8S. The molecule has 12 heteroatoms. The predicted octanol–water partition coefficient (Wildman–Crippen LogP) is 7.09. The summed E-state index contributed by atoms with van der Waals surface area (Å²) >= 11 is 1.53. The first kappa shape index (κ1) is 35.1. The number of benzene rings is 4. The maximum atomic E-state index is 13.0. The molecule has 11 nitrogen and oxygen atoms in total. The minimum Gasteiger partial charge on any atom is -0.508 e. The van der Waals surface area contributed by atoms with E-state index in [0.717, 1.165) is 63.5 Å². The Morgan fingerprint density at radius 2 is 1.58 bits per heavy atom. The fourth-order valence-electron chi connectivity index (χ4n) is 8.72. The molecule has 5 aromatic rings. The first-order valence-corrected chi connectivity index (χ1v) is 19.7.